The van der Waals surface area contributed by atoms with Gasteiger partial charge in [-0.25, -0.2) is 9.67 Å². The zero-order valence-electron chi connectivity index (χ0n) is 27.3. The molecule has 0 bridgehead atoms. The van der Waals surface area contributed by atoms with Gasteiger partial charge < -0.3 is 18.6 Å². The zero-order valence-corrected chi connectivity index (χ0v) is 29.1. The van der Waals surface area contributed by atoms with Crippen molar-refractivity contribution in [3.05, 3.63) is 65.2 Å². The molecule has 2 unspecified atom stereocenters. The Bertz CT molecular complexity index is 1470. The third-order valence-electron chi connectivity index (χ3n) is 8.81. The Morgan fingerprint density at radius 3 is 2.66 bits per heavy atom. The summed E-state index contributed by atoms with van der Waals surface area (Å²) in [5.41, 5.74) is 4.26. The molecule has 4 aromatic rings. The third-order valence-corrected chi connectivity index (χ3v) is 14.1. The summed E-state index contributed by atoms with van der Waals surface area (Å²) in [4.78, 5) is 5.03. The van der Waals surface area contributed by atoms with E-state index in [1.54, 1.807) is 11.3 Å². The minimum atomic E-state index is -1.98. The van der Waals surface area contributed by atoms with Crippen molar-refractivity contribution in [1.29, 1.82) is 0 Å². The number of hydrogen-bond donors (Lipinski definition) is 0. The van der Waals surface area contributed by atoms with Gasteiger partial charge in [-0.1, -0.05) is 51.1 Å². The molecular weight excluding hydrogens is 587 g/mol. The number of fused-ring (bicyclic) bond motifs is 1. The maximum atomic E-state index is 6.69. The largest absolute Gasteiger partial charge is 0.543 e. The molecule has 2 aromatic heterocycles. The van der Waals surface area contributed by atoms with E-state index in [4.69, 9.17) is 28.7 Å². The SMILES string of the molecule is CC(CCOCCCc1csc(-c2nn(C3CCCCO3)c3ccc(O[Si](C)(C)C(C)(C)C)cc23)n1)OCc1ccccc1. The van der Waals surface area contributed by atoms with E-state index in [9.17, 15) is 0 Å². The van der Waals surface area contributed by atoms with E-state index in [2.05, 4.69) is 81.2 Å². The number of aryl methyl sites for hydroxylation is 1. The van der Waals surface area contributed by atoms with E-state index in [0.717, 1.165) is 78.2 Å². The van der Waals surface area contributed by atoms with Crippen LogP contribution in [0.25, 0.3) is 21.6 Å². The van der Waals surface area contributed by atoms with Crippen molar-refractivity contribution in [1.82, 2.24) is 14.8 Å². The van der Waals surface area contributed by atoms with E-state index in [-0.39, 0.29) is 17.4 Å². The molecule has 9 heteroatoms. The fourth-order valence-corrected chi connectivity index (χ4v) is 6.93. The highest BCUT2D eigenvalue weighted by atomic mass is 32.1. The summed E-state index contributed by atoms with van der Waals surface area (Å²) in [6.07, 6.45) is 6.03. The van der Waals surface area contributed by atoms with Crippen LogP contribution in [0.1, 0.15) is 77.3 Å². The number of benzene rings is 2. The second-order valence-corrected chi connectivity index (χ2v) is 19.0. The van der Waals surface area contributed by atoms with Gasteiger partial charge in [0.25, 0.3) is 0 Å². The molecule has 0 radical (unpaired) electrons. The standard InChI is InChI=1S/C35H49N3O4SSi/c1-26(41-24-27-13-8-7-9-14-27)19-22-39-20-12-15-28-25-43-34(36-28)33-30-23-29(42-44(5,6)35(2,3)4)17-18-31(30)38(37-33)32-16-10-11-21-40-32/h7-9,13-14,17-18,23,25-26,32H,10-12,15-16,19-22,24H2,1-6H3. The summed E-state index contributed by atoms with van der Waals surface area (Å²) < 4.78 is 26.8. The van der Waals surface area contributed by atoms with E-state index in [1.165, 1.54) is 5.56 Å². The van der Waals surface area contributed by atoms with Gasteiger partial charge in [-0.2, -0.15) is 5.10 Å². The monoisotopic (exact) mass is 635 g/mol. The lowest BCUT2D eigenvalue weighted by Crippen LogP contribution is -2.43. The minimum absolute atomic E-state index is 0.0461. The average Bonchev–Trinajstić information content (AvgIpc) is 3.62. The van der Waals surface area contributed by atoms with Gasteiger partial charge in [0.05, 0.1) is 23.9 Å². The van der Waals surface area contributed by atoms with Gasteiger partial charge in [0.15, 0.2) is 6.23 Å². The second kappa shape index (κ2) is 14.7. The van der Waals surface area contributed by atoms with Crippen molar-refractivity contribution in [3.8, 4) is 16.5 Å². The number of nitrogens with zero attached hydrogens (tertiary/aromatic N) is 3. The average molecular weight is 636 g/mol. The first-order valence-electron chi connectivity index (χ1n) is 16.1. The smallest absolute Gasteiger partial charge is 0.250 e. The molecule has 1 fully saturated rings. The molecule has 238 valence electrons. The summed E-state index contributed by atoms with van der Waals surface area (Å²) in [6.45, 7) is 16.3. The lowest BCUT2D eigenvalue weighted by Gasteiger charge is -2.36. The number of ether oxygens (including phenoxy) is 3. The highest BCUT2D eigenvalue weighted by molar-refractivity contribution is 7.13. The van der Waals surface area contributed by atoms with Crippen LogP contribution in [-0.4, -0.2) is 49.0 Å². The Labute approximate surface area is 268 Å². The summed E-state index contributed by atoms with van der Waals surface area (Å²) in [7, 11) is -1.98. The molecule has 7 nitrogen and oxygen atoms in total. The molecule has 0 spiro atoms. The molecule has 2 atom stereocenters. The van der Waals surface area contributed by atoms with Gasteiger partial charge in [-0.05, 0) is 87.3 Å². The molecule has 3 heterocycles. The lowest BCUT2D eigenvalue weighted by atomic mass is 10.1. The first kappa shape index (κ1) is 32.8. The summed E-state index contributed by atoms with van der Waals surface area (Å²) in [5.74, 6) is 0.906. The molecular formula is C35H49N3O4SSi. The van der Waals surface area contributed by atoms with Gasteiger partial charge in [-0.15, -0.1) is 11.3 Å². The number of rotatable bonds is 14. The third kappa shape index (κ3) is 8.37. The molecule has 0 amide bonds. The van der Waals surface area contributed by atoms with Crippen molar-refractivity contribution in [2.45, 2.75) is 103 Å². The maximum Gasteiger partial charge on any atom is 0.250 e. The highest BCUT2D eigenvalue weighted by Crippen LogP contribution is 2.40. The van der Waals surface area contributed by atoms with Crippen LogP contribution in [0.4, 0.5) is 0 Å². The predicted octanol–water partition coefficient (Wildman–Crippen LogP) is 9.19. The highest BCUT2D eigenvalue weighted by Gasteiger charge is 2.39. The number of thiazole rings is 1. The van der Waals surface area contributed by atoms with Crippen molar-refractivity contribution in [2.75, 3.05) is 19.8 Å². The first-order chi connectivity index (χ1) is 21.1. The van der Waals surface area contributed by atoms with Gasteiger partial charge in [-0.3, -0.25) is 0 Å². The first-order valence-corrected chi connectivity index (χ1v) is 19.9. The van der Waals surface area contributed by atoms with Gasteiger partial charge in [0.1, 0.15) is 16.5 Å². The van der Waals surface area contributed by atoms with E-state index in [1.807, 2.05) is 18.2 Å². The van der Waals surface area contributed by atoms with Crippen molar-refractivity contribution >= 4 is 30.6 Å². The van der Waals surface area contributed by atoms with Gasteiger partial charge in [0.2, 0.25) is 8.32 Å². The van der Waals surface area contributed by atoms with E-state index in [0.29, 0.717) is 19.8 Å². The molecule has 5 rings (SSSR count). The Hall–Kier alpha value is -2.56. The van der Waals surface area contributed by atoms with Crippen LogP contribution < -0.4 is 4.43 Å². The molecule has 0 aliphatic carbocycles. The lowest BCUT2D eigenvalue weighted by molar-refractivity contribution is -0.0365. The van der Waals surface area contributed by atoms with Crippen LogP contribution in [0, 0.1) is 0 Å². The second-order valence-electron chi connectivity index (χ2n) is 13.4. The Morgan fingerprint density at radius 2 is 1.91 bits per heavy atom. The van der Waals surface area contributed by atoms with Gasteiger partial charge >= 0.3 is 0 Å². The molecule has 1 saturated heterocycles. The Morgan fingerprint density at radius 1 is 1.09 bits per heavy atom. The van der Waals surface area contributed by atoms with Crippen LogP contribution in [-0.2, 0) is 27.2 Å². The molecule has 0 N–H and O–H groups in total. The minimum Gasteiger partial charge on any atom is -0.543 e. The molecule has 1 aliphatic heterocycles. The maximum absolute atomic E-state index is 6.69. The van der Waals surface area contributed by atoms with Crippen LogP contribution in [0.5, 0.6) is 5.75 Å². The van der Waals surface area contributed by atoms with Crippen molar-refractivity contribution in [2.24, 2.45) is 0 Å². The van der Waals surface area contributed by atoms with Crippen molar-refractivity contribution in [3.63, 3.8) is 0 Å². The van der Waals surface area contributed by atoms with Crippen LogP contribution in [0.15, 0.2) is 53.9 Å². The molecule has 1 aliphatic rings. The van der Waals surface area contributed by atoms with Crippen LogP contribution >= 0.6 is 11.3 Å². The predicted molar refractivity (Wildman–Crippen MR) is 182 cm³/mol. The van der Waals surface area contributed by atoms with Crippen LogP contribution in [0.2, 0.25) is 18.1 Å². The van der Waals surface area contributed by atoms with E-state index >= 15 is 0 Å². The summed E-state index contributed by atoms with van der Waals surface area (Å²) >= 11 is 1.66. The molecule has 0 saturated carbocycles. The number of hydrogen-bond acceptors (Lipinski definition) is 7. The van der Waals surface area contributed by atoms with E-state index < -0.39 is 8.32 Å². The summed E-state index contributed by atoms with van der Waals surface area (Å²) in [6, 6.07) is 16.7. The quantitative estimate of drug-likeness (QED) is 0.102. The van der Waals surface area contributed by atoms with Crippen molar-refractivity contribution < 1.29 is 18.6 Å². The summed E-state index contributed by atoms with van der Waals surface area (Å²) in [5, 5.41) is 9.40. The normalized spacial score (nSPS) is 16.8. The van der Waals surface area contributed by atoms with Crippen LogP contribution in [0.3, 0.4) is 0 Å². The Balaban J connectivity index is 1.20. The number of aromatic nitrogens is 3. The fourth-order valence-electron chi connectivity index (χ4n) is 5.06. The fraction of sp³-hybridized carbons (Fsp3) is 0.543. The van der Waals surface area contributed by atoms with Gasteiger partial charge in [0, 0.05) is 30.6 Å². The molecule has 44 heavy (non-hydrogen) atoms. The zero-order chi connectivity index (χ0) is 31.2. The topological polar surface area (TPSA) is 67.6 Å². The molecule has 2 aromatic carbocycles. The Kier molecular flexibility index (Phi) is 11.0.